The Morgan fingerprint density at radius 3 is 2.58 bits per heavy atom. The number of pyridine rings is 1. The predicted octanol–water partition coefficient (Wildman–Crippen LogP) is 5.73. The summed E-state index contributed by atoms with van der Waals surface area (Å²) in [7, 11) is 0. The summed E-state index contributed by atoms with van der Waals surface area (Å²) < 4.78 is 35.2. The summed E-state index contributed by atoms with van der Waals surface area (Å²) in [6, 6.07) is 5.05. The Labute approximate surface area is 209 Å². The fourth-order valence-electron chi connectivity index (χ4n) is 5.71. The molecular formula is C27H31FN4O4. The Morgan fingerprint density at radius 1 is 1.08 bits per heavy atom. The highest BCUT2D eigenvalue weighted by molar-refractivity contribution is 5.90. The van der Waals surface area contributed by atoms with Crippen molar-refractivity contribution in [2.24, 2.45) is 0 Å². The molecule has 4 heterocycles. The summed E-state index contributed by atoms with van der Waals surface area (Å²) in [5.74, 6) is 1.43. The van der Waals surface area contributed by atoms with Crippen molar-refractivity contribution in [3.63, 3.8) is 0 Å². The van der Waals surface area contributed by atoms with Gasteiger partial charge < -0.3 is 14.2 Å². The molecule has 0 N–H and O–H groups in total. The van der Waals surface area contributed by atoms with Gasteiger partial charge in [0.05, 0.1) is 25.7 Å². The first kappa shape index (κ1) is 23.1. The summed E-state index contributed by atoms with van der Waals surface area (Å²) in [6.07, 6.45) is 6.73. The number of anilines is 1. The van der Waals surface area contributed by atoms with E-state index in [0.29, 0.717) is 47.7 Å². The van der Waals surface area contributed by atoms with Crippen molar-refractivity contribution in [1.29, 1.82) is 0 Å². The predicted molar refractivity (Wildman–Crippen MR) is 131 cm³/mol. The van der Waals surface area contributed by atoms with Gasteiger partial charge in [-0.3, -0.25) is 9.30 Å². The van der Waals surface area contributed by atoms with Crippen molar-refractivity contribution < 1.29 is 23.4 Å². The number of carbonyl (C=O) groups is 1. The molecule has 0 saturated heterocycles. The molecule has 1 aliphatic carbocycles. The summed E-state index contributed by atoms with van der Waals surface area (Å²) in [5.41, 5.74) is 2.19. The van der Waals surface area contributed by atoms with Crippen LogP contribution in [0.3, 0.4) is 0 Å². The number of rotatable bonds is 1. The van der Waals surface area contributed by atoms with E-state index in [4.69, 9.17) is 14.2 Å². The lowest BCUT2D eigenvalue weighted by molar-refractivity contribution is 0.0574. The van der Waals surface area contributed by atoms with E-state index in [-0.39, 0.29) is 18.3 Å². The van der Waals surface area contributed by atoms with Crippen LogP contribution in [0.2, 0.25) is 0 Å². The van der Waals surface area contributed by atoms with Crippen LogP contribution in [0.15, 0.2) is 24.5 Å². The fraction of sp³-hybridized carbons (Fsp3) is 0.519. The Morgan fingerprint density at radius 2 is 1.83 bits per heavy atom. The Bertz CT molecular complexity index is 1330. The van der Waals surface area contributed by atoms with Crippen LogP contribution in [0, 0.1) is 5.82 Å². The zero-order valence-electron chi connectivity index (χ0n) is 20.9. The number of hydrogen-bond acceptors (Lipinski definition) is 6. The van der Waals surface area contributed by atoms with E-state index in [1.165, 1.54) is 30.2 Å². The van der Waals surface area contributed by atoms with Gasteiger partial charge in [0.15, 0.2) is 17.2 Å². The van der Waals surface area contributed by atoms with Crippen LogP contribution in [0.1, 0.15) is 81.4 Å². The normalized spacial score (nSPS) is 20.0. The molecular weight excluding hydrogens is 463 g/mol. The third-order valence-electron chi connectivity index (χ3n) is 7.32. The maximum absolute atomic E-state index is 15.3. The first-order chi connectivity index (χ1) is 17.3. The molecule has 190 valence electrons. The molecule has 2 aliphatic heterocycles. The van der Waals surface area contributed by atoms with E-state index in [2.05, 4.69) is 10.2 Å². The molecule has 6 rings (SSSR count). The molecule has 0 spiro atoms. The standard InChI is InChI=1S/C27H31FN4O4/c1-27(2,3)36-26(33)31-12-19-20(28)9-10-21-23(19)17(13-34-21)14-35-22-11-18(16-7-5-4-6-8-16)24-30-29-15-32(24)25(22)31/h9-11,15-17H,4-8,12-14H2,1-3H3/t17-/m1/s1. The number of hydrogen-bond donors (Lipinski definition) is 0. The Balaban J connectivity index is 1.56. The monoisotopic (exact) mass is 494 g/mol. The summed E-state index contributed by atoms with van der Waals surface area (Å²) in [4.78, 5) is 15.1. The van der Waals surface area contributed by atoms with Gasteiger partial charge in [-0.25, -0.2) is 9.18 Å². The number of amides is 1. The van der Waals surface area contributed by atoms with Gasteiger partial charge in [-0.2, -0.15) is 0 Å². The maximum Gasteiger partial charge on any atom is 0.416 e. The first-order valence-corrected chi connectivity index (χ1v) is 12.7. The topological polar surface area (TPSA) is 78.2 Å². The van der Waals surface area contributed by atoms with Crippen LogP contribution in [-0.4, -0.2) is 39.5 Å². The molecule has 1 atom stereocenters. The molecule has 36 heavy (non-hydrogen) atoms. The molecule has 0 bridgehead atoms. The molecule has 3 aliphatic rings. The summed E-state index contributed by atoms with van der Waals surface area (Å²) in [5, 5.41) is 8.63. The zero-order chi connectivity index (χ0) is 25.0. The van der Waals surface area contributed by atoms with Gasteiger partial charge in [0, 0.05) is 16.7 Å². The highest BCUT2D eigenvalue weighted by Crippen LogP contribution is 2.44. The third kappa shape index (κ3) is 3.94. The van der Waals surface area contributed by atoms with Gasteiger partial charge in [0.25, 0.3) is 0 Å². The van der Waals surface area contributed by atoms with Crippen LogP contribution < -0.4 is 14.4 Å². The molecule has 1 aromatic carbocycles. The maximum atomic E-state index is 15.3. The van der Waals surface area contributed by atoms with E-state index < -0.39 is 11.7 Å². The second kappa shape index (κ2) is 8.64. The van der Waals surface area contributed by atoms with Gasteiger partial charge >= 0.3 is 6.09 Å². The van der Waals surface area contributed by atoms with Crippen LogP contribution >= 0.6 is 0 Å². The zero-order valence-corrected chi connectivity index (χ0v) is 20.9. The molecule has 3 aromatic rings. The molecule has 1 saturated carbocycles. The lowest BCUT2D eigenvalue weighted by Gasteiger charge is -2.30. The molecule has 1 amide bonds. The minimum Gasteiger partial charge on any atom is -0.493 e. The van der Waals surface area contributed by atoms with E-state index >= 15 is 4.39 Å². The van der Waals surface area contributed by atoms with Gasteiger partial charge in [0.2, 0.25) is 0 Å². The van der Waals surface area contributed by atoms with Crippen LogP contribution in [0.25, 0.3) is 5.65 Å². The minimum atomic E-state index is -0.742. The minimum absolute atomic E-state index is 0.0316. The Hall–Kier alpha value is -3.36. The van der Waals surface area contributed by atoms with Crippen molar-refractivity contribution in [1.82, 2.24) is 14.6 Å². The third-order valence-corrected chi connectivity index (χ3v) is 7.32. The van der Waals surface area contributed by atoms with E-state index in [0.717, 1.165) is 24.0 Å². The number of benzene rings is 1. The second-order valence-corrected chi connectivity index (χ2v) is 11.0. The molecule has 8 nitrogen and oxygen atoms in total. The van der Waals surface area contributed by atoms with Gasteiger partial charge in [0.1, 0.15) is 23.5 Å². The molecule has 0 unspecified atom stereocenters. The van der Waals surface area contributed by atoms with Gasteiger partial charge in [-0.1, -0.05) is 19.3 Å². The van der Waals surface area contributed by atoms with Crippen LogP contribution in [0.4, 0.5) is 15.0 Å². The number of halogens is 1. The largest absolute Gasteiger partial charge is 0.493 e. The first-order valence-electron chi connectivity index (χ1n) is 12.7. The molecule has 2 aromatic heterocycles. The van der Waals surface area contributed by atoms with E-state index in [9.17, 15) is 4.79 Å². The smallest absolute Gasteiger partial charge is 0.416 e. The Kier molecular flexibility index (Phi) is 5.53. The van der Waals surface area contributed by atoms with Crippen LogP contribution in [-0.2, 0) is 11.3 Å². The average Bonchev–Trinajstić information content (AvgIpc) is 3.49. The van der Waals surface area contributed by atoms with E-state index in [1.807, 2.05) is 26.8 Å². The molecule has 0 radical (unpaired) electrons. The fourth-order valence-corrected chi connectivity index (χ4v) is 5.71. The van der Waals surface area contributed by atoms with Crippen LogP contribution in [0.5, 0.6) is 11.5 Å². The van der Waals surface area contributed by atoms with Crippen molar-refractivity contribution >= 4 is 17.6 Å². The number of carbonyl (C=O) groups excluding carboxylic acids is 1. The lowest BCUT2D eigenvalue weighted by Crippen LogP contribution is -2.38. The number of fused-ring (bicyclic) bond motifs is 3. The quantitative estimate of drug-likeness (QED) is 0.430. The lowest BCUT2D eigenvalue weighted by atomic mass is 9.84. The highest BCUT2D eigenvalue weighted by Gasteiger charge is 2.37. The SMILES string of the molecule is CC(C)(C)OC(=O)N1Cc2c(F)ccc3c2[C@H](CO3)COc2cc(C3CCCCC3)c3nncn3c21. The number of ether oxygens (including phenoxy) is 3. The van der Waals surface area contributed by atoms with Gasteiger partial charge in [-0.05, 0) is 57.7 Å². The van der Waals surface area contributed by atoms with E-state index in [1.54, 1.807) is 16.8 Å². The van der Waals surface area contributed by atoms with Crippen molar-refractivity contribution in [3.05, 3.63) is 47.0 Å². The second-order valence-electron chi connectivity index (χ2n) is 11.0. The van der Waals surface area contributed by atoms with Crippen molar-refractivity contribution in [2.75, 3.05) is 18.1 Å². The summed E-state index contributed by atoms with van der Waals surface area (Å²) >= 11 is 0. The molecule has 1 fully saturated rings. The highest BCUT2D eigenvalue weighted by atomic mass is 19.1. The van der Waals surface area contributed by atoms with Crippen molar-refractivity contribution in [2.45, 2.75) is 76.9 Å². The molecule has 9 heteroatoms. The average molecular weight is 495 g/mol. The number of nitrogens with zero attached hydrogens (tertiary/aromatic N) is 4. The summed E-state index contributed by atoms with van der Waals surface area (Å²) in [6.45, 7) is 6.10. The number of aromatic nitrogens is 3. The van der Waals surface area contributed by atoms with Gasteiger partial charge in [-0.15, -0.1) is 10.2 Å². The van der Waals surface area contributed by atoms with Crippen molar-refractivity contribution in [3.8, 4) is 11.5 Å².